The van der Waals surface area contributed by atoms with Crippen LogP contribution in [-0.4, -0.2) is 43.3 Å². The third-order valence-corrected chi connectivity index (χ3v) is 4.17. The van der Waals surface area contributed by atoms with Crippen molar-refractivity contribution in [1.82, 2.24) is 5.32 Å². The van der Waals surface area contributed by atoms with E-state index in [9.17, 15) is 14.7 Å². The fraction of sp³-hybridized carbons (Fsp3) is 0.467. The second kappa shape index (κ2) is 7.86. The first-order valence-corrected chi connectivity index (χ1v) is 7.84. The van der Waals surface area contributed by atoms with Gasteiger partial charge in [0.2, 0.25) is 0 Å². The summed E-state index contributed by atoms with van der Waals surface area (Å²) in [5.41, 5.74) is -0.979. The Morgan fingerprint density at radius 3 is 2.39 bits per heavy atom. The summed E-state index contributed by atoms with van der Waals surface area (Å²) in [7, 11) is 0. The van der Waals surface area contributed by atoms with Crippen LogP contribution < -0.4 is 10.1 Å². The van der Waals surface area contributed by atoms with Crippen LogP contribution in [0.25, 0.3) is 0 Å². The summed E-state index contributed by atoms with van der Waals surface area (Å²) in [5.74, 6) is -0.964. The number of amides is 1. The zero-order chi connectivity index (χ0) is 16.9. The van der Waals surface area contributed by atoms with E-state index in [1.807, 2.05) is 0 Å². The third kappa shape index (κ3) is 4.99. The van der Waals surface area contributed by atoms with Crippen LogP contribution in [-0.2, 0) is 14.3 Å². The summed E-state index contributed by atoms with van der Waals surface area (Å²) >= 11 is 11.7. The summed E-state index contributed by atoms with van der Waals surface area (Å²) in [6, 6.07) is 4.63. The standard InChI is InChI=1S/C15H17Cl2NO5/c16-10-5-11(17)7-12(6-10)23-8-13(19)18-9-15(14(20)21)1-3-22-4-2-15/h5-7H,1-4,8-9H2,(H,18,19)(H,20,21). The average molecular weight is 362 g/mol. The quantitative estimate of drug-likeness (QED) is 0.812. The van der Waals surface area contributed by atoms with E-state index >= 15 is 0 Å². The first-order chi connectivity index (χ1) is 10.9. The number of ether oxygens (including phenoxy) is 2. The van der Waals surface area contributed by atoms with E-state index in [0.29, 0.717) is 41.9 Å². The molecule has 0 aliphatic carbocycles. The number of hydrogen-bond donors (Lipinski definition) is 2. The van der Waals surface area contributed by atoms with Crippen LogP contribution in [0.4, 0.5) is 0 Å². The number of carbonyl (C=O) groups excluding carboxylic acids is 1. The van der Waals surface area contributed by atoms with Gasteiger partial charge < -0.3 is 19.9 Å². The van der Waals surface area contributed by atoms with Gasteiger partial charge in [-0.2, -0.15) is 0 Å². The largest absolute Gasteiger partial charge is 0.484 e. The number of carboxylic acid groups (broad SMARTS) is 1. The molecule has 1 fully saturated rings. The maximum absolute atomic E-state index is 11.9. The van der Waals surface area contributed by atoms with E-state index in [0.717, 1.165) is 0 Å². The smallest absolute Gasteiger partial charge is 0.311 e. The minimum absolute atomic E-state index is 0.0458. The number of nitrogens with one attached hydrogen (secondary N) is 1. The zero-order valence-electron chi connectivity index (χ0n) is 12.3. The lowest BCUT2D eigenvalue weighted by Gasteiger charge is -2.33. The topological polar surface area (TPSA) is 84.9 Å². The maximum Gasteiger partial charge on any atom is 0.311 e. The molecule has 0 unspecified atom stereocenters. The van der Waals surface area contributed by atoms with Gasteiger partial charge in [0, 0.05) is 29.8 Å². The third-order valence-electron chi connectivity index (χ3n) is 3.73. The Hall–Kier alpha value is -1.50. The molecular formula is C15H17Cl2NO5. The molecule has 1 aromatic carbocycles. The fourth-order valence-corrected chi connectivity index (χ4v) is 2.81. The minimum atomic E-state index is -0.979. The lowest BCUT2D eigenvalue weighted by molar-refractivity contribution is -0.154. The molecule has 1 heterocycles. The number of aliphatic carboxylic acids is 1. The van der Waals surface area contributed by atoms with Crippen molar-refractivity contribution >= 4 is 35.1 Å². The molecule has 1 aliphatic rings. The van der Waals surface area contributed by atoms with Crippen molar-refractivity contribution in [3.05, 3.63) is 28.2 Å². The van der Waals surface area contributed by atoms with E-state index in [1.54, 1.807) is 6.07 Å². The second-order valence-corrected chi connectivity index (χ2v) is 6.24. The van der Waals surface area contributed by atoms with E-state index in [1.165, 1.54) is 12.1 Å². The van der Waals surface area contributed by atoms with Crippen LogP contribution in [0.3, 0.4) is 0 Å². The molecule has 0 bridgehead atoms. The molecule has 8 heteroatoms. The molecule has 2 rings (SSSR count). The highest BCUT2D eigenvalue weighted by Crippen LogP contribution is 2.30. The molecule has 126 valence electrons. The van der Waals surface area contributed by atoms with Crippen LogP contribution in [0.2, 0.25) is 10.0 Å². The van der Waals surface area contributed by atoms with Crippen molar-refractivity contribution < 1.29 is 24.2 Å². The van der Waals surface area contributed by atoms with Crippen LogP contribution >= 0.6 is 23.2 Å². The Bertz CT molecular complexity index is 567. The summed E-state index contributed by atoms with van der Waals surface area (Å²) in [5, 5.41) is 12.8. The van der Waals surface area contributed by atoms with Crippen molar-refractivity contribution in [2.45, 2.75) is 12.8 Å². The number of carbonyl (C=O) groups is 2. The number of hydrogen-bond acceptors (Lipinski definition) is 4. The van der Waals surface area contributed by atoms with Gasteiger partial charge in [-0.25, -0.2) is 0 Å². The van der Waals surface area contributed by atoms with Gasteiger partial charge in [0.05, 0.1) is 5.41 Å². The van der Waals surface area contributed by atoms with Gasteiger partial charge in [-0.15, -0.1) is 0 Å². The molecule has 0 spiro atoms. The number of halogens is 2. The van der Waals surface area contributed by atoms with Crippen molar-refractivity contribution in [1.29, 1.82) is 0 Å². The minimum Gasteiger partial charge on any atom is -0.484 e. The molecule has 0 radical (unpaired) electrons. The molecule has 0 aromatic heterocycles. The van der Waals surface area contributed by atoms with E-state index in [2.05, 4.69) is 5.32 Å². The molecule has 6 nitrogen and oxygen atoms in total. The van der Waals surface area contributed by atoms with Gasteiger partial charge in [0.15, 0.2) is 6.61 Å². The van der Waals surface area contributed by atoms with Crippen molar-refractivity contribution in [2.75, 3.05) is 26.4 Å². The van der Waals surface area contributed by atoms with Gasteiger partial charge in [-0.05, 0) is 31.0 Å². The number of carboxylic acids is 1. The Balaban J connectivity index is 1.85. The predicted molar refractivity (Wildman–Crippen MR) is 85.1 cm³/mol. The summed E-state index contributed by atoms with van der Waals surface area (Å²) in [4.78, 5) is 23.3. The SMILES string of the molecule is O=C(COc1cc(Cl)cc(Cl)c1)NCC1(C(=O)O)CCOCC1. The molecule has 1 saturated heterocycles. The summed E-state index contributed by atoms with van der Waals surface area (Å²) < 4.78 is 10.5. The van der Waals surface area contributed by atoms with Gasteiger partial charge in [-0.3, -0.25) is 9.59 Å². The van der Waals surface area contributed by atoms with Gasteiger partial charge in [0.1, 0.15) is 5.75 Å². The van der Waals surface area contributed by atoms with Gasteiger partial charge >= 0.3 is 5.97 Å². The Morgan fingerprint density at radius 1 is 1.22 bits per heavy atom. The van der Waals surface area contributed by atoms with Crippen molar-refractivity contribution in [3.63, 3.8) is 0 Å². The van der Waals surface area contributed by atoms with Crippen LogP contribution in [0, 0.1) is 5.41 Å². The van der Waals surface area contributed by atoms with Gasteiger partial charge in [-0.1, -0.05) is 23.2 Å². The van der Waals surface area contributed by atoms with E-state index in [4.69, 9.17) is 32.7 Å². The Morgan fingerprint density at radius 2 is 1.83 bits per heavy atom. The molecule has 1 aliphatic heterocycles. The highest BCUT2D eigenvalue weighted by Gasteiger charge is 2.40. The van der Waals surface area contributed by atoms with Crippen molar-refractivity contribution in [3.8, 4) is 5.75 Å². The monoisotopic (exact) mass is 361 g/mol. The lowest BCUT2D eigenvalue weighted by atomic mass is 9.80. The maximum atomic E-state index is 11.9. The van der Waals surface area contributed by atoms with Crippen molar-refractivity contribution in [2.24, 2.45) is 5.41 Å². The Kier molecular flexibility index (Phi) is 6.10. The van der Waals surface area contributed by atoms with Crippen LogP contribution in [0.5, 0.6) is 5.75 Å². The highest BCUT2D eigenvalue weighted by atomic mass is 35.5. The molecule has 1 aromatic rings. The molecule has 2 N–H and O–H groups in total. The molecule has 0 saturated carbocycles. The van der Waals surface area contributed by atoms with Crippen LogP contribution in [0.15, 0.2) is 18.2 Å². The summed E-state index contributed by atoms with van der Waals surface area (Å²) in [6.07, 6.45) is 0.737. The average Bonchev–Trinajstić information content (AvgIpc) is 2.51. The molecule has 0 atom stereocenters. The normalized spacial score (nSPS) is 16.6. The van der Waals surface area contributed by atoms with E-state index in [-0.39, 0.29) is 13.2 Å². The molecule has 23 heavy (non-hydrogen) atoms. The van der Waals surface area contributed by atoms with E-state index < -0.39 is 17.3 Å². The first kappa shape index (κ1) is 17.8. The highest BCUT2D eigenvalue weighted by molar-refractivity contribution is 6.34. The lowest BCUT2D eigenvalue weighted by Crippen LogP contribution is -2.47. The molecular weight excluding hydrogens is 345 g/mol. The number of benzene rings is 1. The first-order valence-electron chi connectivity index (χ1n) is 7.08. The predicted octanol–water partition coefficient (Wildman–Crippen LogP) is 2.37. The Labute approximate surface area is 143 Å². The zero-order valence-corrected chi connectivity index (χ0v) is 13.8. The van der Waals surface area contributed by atoms with Crippen LogP contribution in [0.1, 0.15) is 12.8 Å². The summed E-state index contributed by atoms with van der Waals surface area (Å²) in [6.45, 7) is 0.548. The number of rotatable bonds is 6. The second-order valence-electron chi connectivity index (χ2n) is 5.37. The molecule has 1 amide bonds. The fourth-order valence-electron chi connectivity index (χ4n) is 2.31. The van der Waals surface area contributed by atoms with Gasteiger partial charge in [0.25, 0.3) is 5.91 Å².